The van der Waals surface area contributed by atoms with Gasteiger partial charge < -0.3 is 4.42 Å². The van der Waals surface area contributed by atoms with Crippen molar-refractivity contribution in [1.29, 1.82) is 0 Å². The van der Waals surface area contributed by atoms with Crippen LogP contribution < -0.4 is 0 Å². The Labute approximate surface area is 95.2 Å². The Hall–Kier alpha value is -0.780. The lowest BCUT2D eigenvalue weighted by molar-refractivity contribution is 0.561. The summed E-state index contributed by atoms with van der Waals surface area (Å²) in [5, 5.41) is 0.173. The standard InChI is InChI=1S/C8H5Cl2NO3S/c1-4-11-7-3-5(15(10,12)13)2-6(9)8(7)14-4/h2-3H,1H3. The van der Waals surface area contributed by atoms with Gasteiger partial charge in [-0.15, -0.1) is 0 Å². The molecule has 0 bridgehead atoms. The molecule has 4 nitrogen and oxygen atoms in total. The van der Waals surface area contributed by atoms with Crippen molar-refractivity contribution in [2.45, 2.75) is 11.8 Å². The number of hydrogen-bond donors (Lipinski definition) is 0. The van der Waals surface area contributed by atoms with Gasteiger partial charge in [-0.2, -0.15) is 0 Å². The molecule has 0 N–H and O–H groups in total. The highest BCUT2D eigenvalue weighted by molar-refractivity contribution is 8.13. The molecule has 1 aromatic carbocycles. The first-order chi connectivity index (χ1) is 6.88. The smallest absolute Gasteiger partial charge is 0.261 e. The van der Waals surface area contributed by atoms with Crippen molar-refractivity contribution in [1.82, 2.24) is 4.98 Å². The van der Waals surface area contributed by atoms with Crippen LogP contribution in [0.5, 0.6) is 0 Å². The van der Waals surface area contributed by atoms with Crippen LogP contribution in [0.3, 0.4) is 0 Å². The van der Waals surface area contributed by atoms with Gasteiger partial charge in [0.25, 0.3) is 9.05 Å². The maximum atomic E-state index is 11.1. The van der Waals surface area contributed by atoms with Crippen LogP contribution in [0, 0.1) is 6.92 Å². The van der Waals surface area contributed by atoms with Gasteiger partial charge in [0.1, 0.15) is 5.52 Å². The van der Waals surface area contributed by atoms with Crippen molar-refractivity contribution in [3.8, 4) is 0 Å². The highest BCUT2D eigenvalue weighted by Crippen LogP contribution is 2.29. The van der Waals surface area contributed by atoms with Gasteiger partial charge in [0.15, 0.2) is 11.5 Å². The Balaban J connectivity index is 2.84. The van der Waals surface area contributed by atoms with E-state index in [1.54, 1.807) is 6.92 Å². The van der Waals surface area contributed by atoms with E-state index in [9.17, 15) is 8.42 Å². The van der Waals surface area contributed by atoms with Crippen molar-refractivity contribution in [2.24, 2.45) is 0 Å². The lowest BCUT2D eigenvalue weighted by atomic mass is 10.3. The van der Waals surface area contributed by atoms with E-state index in [0.717, 1.165) is 0 Å². The highest BCUT2D eigenvalue weighted by Gasteiger charge is 2.16. The molecule has 0 saturated carbocycles. The fourth-order valence-corrected chi connectivity index (χ4v) is 2.32. The van der Waals surface area contributed by atoms with Crippen LogP contribution in [-0.2, 0) is 9.05 Å². The van der Waals surface area contributed by atoms with Gasteiger partial charge >= 0.3 is 0 Å². The molecule has 0 amide bonds. The number of aryl methyl sites for hydroxylation is 1. The molecular formula is C8H5Cl2NO3S. The maximum Gasteiger partial charge on any atom is 0.261 e. The fraction of sp³-hybridized carbons (Fsp3) is 0.125. The second kappa shape index (κ2) is 3.37. The van der Waals surface area contributed by atoms with Crippen LogP contribution in [0.2, 0.25) is 5.02 Å². The van der Waals surface area contributed by atoms with Gasteiger partial charge in [-0.25, -0.2) is 13.4 Å². The van der Waals surface area contributed by atoms with Crippen molar-refractivity contribution in [3.05, 3.63) is 23.0 Å². The second-order valence-electron chi connectivity index (χ2n) is 2.92. The van der Waals surface area contributed by atoms with Crippen LogP contribution in [0.4, 0.5) is 0 Å². The maximum absolute atomic E-state index is 11.1. The summed E-state index contributed by atoms with van der Waals surface area (Å²) in [6.45, 7) is 1.64. The number of aromatic nitrogens is 1. The van der Waals surface area contributed by atoms with Gasteiger partial charge in [0.2, 0.25) is 0 Å². The molecule has 0 spiro atoms. The summed E-state index contributed by atoms with van der Waals surface area (Å²) in [4.78, 5) is 3.89. The quantitative estimate of drug-likeness (QED) is 0.744. The lowest BCUT2D eigenvalue weighted by Gasteiger charge is -1.96. The molecule has 0 radical (unpaired) electrons. The Morgan fingerprint density at radius 1 is 1.40 bits per heavy atom. The van der Waals surface area contributed by atoms with E-state index in [4.69, 9.17) is 26.7 Å². The molecule has 0 saturated heterocycles. The Morgan fingerprint density at radius 2 is 2.07 bits per heavy atom. The van der Waals surface area contributed by atoms with Crippen LogP contribution >= 0.6 is 22.3 Å². The fourth-order valence-electron chi connectivity index (χ4n) is 1.22. The van der Waals surface area contributed by atoms with E-state index in [1.807, 2.05) is 0 Å². The third-order valence-corrected chi connectivity index (χ3v) is 3.42. The third kappa shape index (κ3) is 1.95. The topological polar surface area (TPSA) is 60.2 Å². The van der Waals surface area contributed by atoms with Crippen LogP contribution in [0.15, 0.2) is 21.4 Å². The molecular weight excluding hydrogens is 261 g/mol. The lowest BCUT2D eigenvalue weighted by Crippen LogP contribution is -1.90. The zero-order valence-corrected chi connectivity index (χ0v) is 9.82. The van der Waals surface area contributed by atoms with Crippen molar-refractivity contribution < 1.29 is 12.8 Å². The Bertz CT molecular complexity index is 633. The summed E-state index contributed by atoms with van der Waals surface area (Å²) in [6.07, 6.45) is 0. The Morgan fingerprint density at radius 3 is 2.67 bits per heavy atom. The first kappa shape index (κ1) is 10.7. The molecule has 0 fully saturated rings. The average molecular weight is 266 g/mol. The van der Waals surface area contributed by atoms with Gasteiger partial charge in [-0.3, -0.25) is 0 Å². The number of hydrogen-bond acceptors (Lipinski definition) is 4. The van der Waals surface area contributed by atoms with Crippen LogP contribution in [-0.4, -0.2) is 13.4 Å². The van der Waals surface area contributed by atoms with E-state index >= 15 is 0 Å². The molecule has 1 heterocycles. The van der Waals surface area contributed by atoms with Gasteiger partial charge in [0.05, 0.1) is 9.92 Å². The first-order valence-corrected chi connectivity index (χ1v) is 6.58. The molecule has 0 atom stereocenters. The molecule has 0 aliphatic carbocycles. The van der Waals surface area contributed by atoms with Gasteiger partial charge in [-0.1, -0.05) is 11.6 Å². The van der Waals surface area contributed by atoms with Crippen molar-refractivity contribution in [3.63, 3.8) is 0 Å². The van der Waals surface area contributed by atoms with Crippen molar-refractivity contribution >= 4 is 42.4 Å². The van der Waals surface area contributed by atoms with Crippen LogP contribution in [0.25, 0.3) is 11.1 Å². The molecule has 1 aromatic heterocycles. The highest BCUT2D eigenvalue weighted by atomic mass is 35.7. The molecule has 15 heavy (non-hydrogen) atoms. The minimum Gasteiger partial charge on any atom is -0.439 e. The van der Waals surface area contributed by atoms with E-state index in [-0.39, 0.29) is 9.92 Å². The number of benzene rings is 1. The van der Waals surface area contributed by atoms with E-state index in [2.05, 4.69) is 4.98 Å². The zero-order valence-electron chi connectivity index (χ0n) is 7.49. The van der Waals surface area contributed by atoms with Crippen LogP contribution in [0.1, 0.15) is 5.89 Å². The third-order valence-electron chi connectivity index (χ3n) is 1.81. The summed E-state index contributed by atoms with van der Waals surface area (Å²) in [5.41, 5.74) is 0.734. The minimum absolute atomic E-state index is 0.0880. The summed E-state index contributed by atoms with van der Waals surface area (Å²) in [5.74, 6) is 0.413. The normalized spacial score (nSPS) is 12.2. The molecule has 2 aromatic rings. The molecule has 0 unspecified atom stereocenters. The SMILES string of the molecule is Cc1nc2cc(S(=O)(=O)Cl)cc(Cl)c2o1. The summed E-state index contributed by atoms with van der Waals surface area (Å²) >= 11 is 5.82. The van der Waals surface area contributed by atoms with E-state index < -0.39 is 9.05 Å². The van der Waals surface area contributed by atoms with E-state index in [0.29, 0.717) is 17.0 Å². The summed E-state index contributed by atoms with van der Waals surface area (Å²) < 4.78 is 27.4. The first-order valence-electron chi connectivity index (χ1n) is 3.89. The number of halogens is 2. The molecule has 0 aliphatic rings. The van der Waals surface area contributed by atoms with E-state index in [1.165, 1.54) is 12.1 Å². The molecule has 2 rings (SSSR count). The molecule has 80 valence electrons. The predicted molar refractivity (Wildman–Crippen MR) is 56.8 cm³/mol. The van der Waals surface area contributed by atoms with Gasteiger partial charge in [0, 0.05) is 17.6 Å². The second-order valence-corrected chi connectivity index (χ2v) is 5.90. The van der Waals surface area contributed by atoms with Crippen molar-refractivity contribution in [2.75, 3.05) is 0 Å². The summed E-state index contributed by atoms with van der Waals surface area (Å²) in [6, 6.07) is 2.55. The Kier molecular flexibility index (Phi) is 2.41. The number of rotatable bonds is 1. The largest absolute Gasteiger partial charge is 0.439 e. The minimum atomic E-state index is -3.80. The molecule has 7 heteroatoms. The number of fused-ring (bicyclic) bond motifs is 1. The number of oxazole rings is 1. The predicted octanol–water partition coefficient (Wildman–Crippen LogP) is 2.72. The number of nitrogens with zero attached hydrogens (tertiary/aromatic N) is 1. The summed E-state index contributed by atoms with van der Waals surface area (Å²) in [7, 11) is 1.39. The molecule has 0 aliphatic heterocycles. The monoisotopic (exact) mass is 265 g/mol. The zero-order chi connectivity index (χ0) is 11.2. The average Bonchev–Trinajstić information content (AvgIpc) is 2.44. The van der Waals surface area contributed by atoms with Gasteiger partial charge in [-0.05, 0) is 12.1 Å².